The van der Waals surface area contributed by atoms with Crippen LogP contribution in [0.25, 0.3) is 10.2 Å². The summed E-state index contributed by atoms with van der Waals surface area (Å²) in [5, 5.41) is 6.72. The van der Waals surface area contributed by atoms with Crippen molar-refractivity contribution in [3.63, 3.8) is 0 Å². The molecular formula is C20H21F3N4OS. The lowest BCUT2D eigenvalue weighted by atomic mass is 10.0. The van der Waals surface area contributed by atoms with Crippen molar-refractivity contribution in [2.45, 2.75) is 46.0 Å². The van der Waals surface area contributed by atoms with E-state index in [1.807, 2.05) is 13.8 Å². The fraction of sp³-hybridized carbons (Fsp3) is 0.350. The molecule has 0 aliphatic heterocycles. The van der Waals surface area contributed by atoms with E-state index in [9.17, 15) is 18.0 Å². The Balaban J connectivity index is 1.73. The Morgan fingerprint density at radius 2 is 1.90 bits per heavy atom. The summed E-state index contributed by atoms with van der Waals surface area (Å²) in [6.45, 7) is 7.30. The third kappa shape index (κ3) is 4.50. The van der Waals surface area contributed by atoms with Gasteiger partial charge in [-0.1, -0.05) is 12.1 Å². The summed E-state index contributed by atoms with van der Waals surface area (Å²) in [6.07, 6.45) is -2.99. The van der Waals surface area contributed by atoms with Gasteiger partial charge >= 0.3 is 6.18 Å². The highest BCUT2D eigenvalue weighted by atomic mass is 32.1. The van der Waals surface area contributed by atoms with Crippen molar-refractivity contribution in [2.75, 3.05) is 5.32 Å². The first-order valence-electron chi connectivity index (χ1n) is 9.02. The molecule has 0 aliphatic carbocycles. The predicted molar refractivity (Wildman–Crippen MR) is 108 cm³/mol. The molecule has 0 unspecified atom stereocenters. The van der Waals surface area contributed by atoms with Crippen LogP contribution in [0.3, 0.4) is 0 Å². The topological polar surface area (TPSA) is 66.9 Å². The molecule has 1 aromatic carbocycles. The minimum Gasteiger partial charge on any atom is -0.358 e. The summed E-state index contributed by atoms with van der Waals surface area (Å²) in [4.78, 5) is 23.1. The Bertz CT molecular complexity index is 1050. The first-order valence-corrected chi connectivity index (χ1v) is 9.84. The van der Waals surface area contributed by atoms with E-state index < -0.39 is 23.8 Å². The highest BCUT2D eigenvalue weighted by Crippen LogP contribution is 2.33. The molecule has 5 nitrogen and oxygen atoms in total. The van der Waals surface area contributed by atoms with Crippen LogP contribution in [0.1, 0.15) is 41.5 Å². The van der Waals surface area contributed by atoms with Crippen molar-refractivity contribution in [2.24, 2.45) is 0 Å². The van der Waals surface area contributed by atoms with E-state index in [0.717, 1.165) is 32.8 Å². The van der Waals surface area contributed by atoms with Crippen molar-refractivity contribution in [1.82, 2.24) is 15.3 Å². The van der Waals surface area contributed by atoms with Gasteiger partial charge < -0.3 is 10.6 Å². The van der Waals surface area contributed by atoms with Crippen LogP contribution < -0.4 is 10.6 Å². The molecule has 2 N–H and O–H groups in total. The maximum atomic E-state index is 12.9. The van der Waals surface area contributed by atoms with E-state index in [2.05, 4.69) is 20.6 Å². The second-order valence-electron chi connectivity index (χ2n) is 6.91. The molecule has 9 heteroatoms. The number of nitrogens with zero attached hydrogens (tertiary/aromatic N) is 2. The second-order valence-corrected chi connectivity index (χ2v) is 8.11. The van der Waals surface area contributed by atoms with E-state index in [-0.39, 0.29) is 5.91 Å². The van der Waals surface area contributed by atoms with Gasteiger partial charge in [-0.3, -0.25) is 4.79 Å². The van der Waals surface area contributed by atoms with Gasteiger partial charge in [-0.2, -0.15) is 13.2 Å². The van der Waals surface area contributed by atoms with Crippen molar-refractivity contribution in [3.8, 4) is 0 Å². The Kier molecular flexibility index (Phi) is 5.79. The van der Waals surface area contributed by atoms with Crippen molar-refractivity contribution in [3.05, 3.63) is 52.2 Å². The molecule has 0 radical (unpaired) electrons. The number of aryl methyl sites for hydroxylation is 2. The van der Waals surface area contributed by atoms with Gasteiger partial charge in [0.25, 0.3) is 0 Å². The molecule has 2 aromatic heterocycles. The number of thiophene rings is 1. The monoisotopic (exact) mass is 422 g/mol. The molecule has 2 atom stereocenters. The summed E-state index contributed by atoms with van der Waals surface area (Å²) >= 11 is 1.56. The van der Waals surface area contributed by atoms with E-state index in [1.165, 1.54) is 12.4 Å². The number of benzene rings is 1. The number of rotatable bonds is 5. The molecule has 0 fully saturated rings. The van der Waals surface area contributed by atoms with E-state index >= 15 is 0 Å². The van der Waals surface area contributed by atoms with Crippen LogP contribution >= 0.6 is 11.3 Å². The van der Waals surface area contributed by atoms with Crippen LogP contribution in [0.15, 0.2) is 30.6 Å². The quantitative estimate of drug-likeness (QED) is 0.607. The normalized spacial score (nSPS) is 13.9. The number of anilines is 1. The molecule has 2 heterocycles. The smallest absolute Gasteiger partial charge is 0.358 e. The molecule has 0 bridgehead atoms. The van der Waals surface area contributed by atoms with Gasteiger partial charge in [0, 0.05) is 4.88 Å². The largest absolute Gasteiger partial charge is 0.416 e. The zero-order chi connectivity index (χ0) is 21.3. The SMILES string of the molecule is Cc1sc2ncnc(N[C@@H](C)C(=O)N[C@@H](C)c3cccc(C(F)(F)F)c3)c2c1C. The summed E-state index contributed by atoms with van der Waals surface area (Å²) in [7, 11) is 0. The van der Waals surface area contributed by atoms with Crippen LogP contribution in [-0.2, 0) is 11.0 Å². The number of hydrogen-bond acceptors (Lipinski definition) is 5. The molecule has 0 aliphatic rings. The summed E-state index contributed by atoms with van der Waals surface area (Å²) in [5.74, 6) is 0.220. The summed E-state index contributed by atoms with van der Waals surface area (Å²) in [6, 6.07) is 3.74. The number of hydrogen-bond donors (Lipinski definition) is 2. The number of nitrogens with one attached hydrogen (secondary N) is 2. The zero-order valence-electron chi connectivity index (χ0n) is 16.4. The van der Waals surface area contributed by atoms with Crippen LogP contribution in [0.2, 0.25) is 0 Å². The summed E-state index contributed by atoms with van der Waals surface area (Å²) in [5.41, 5.74) is 0.695. The molecule has 154 valence electrons. The van der Waals surface area contributed by atoms with Gasteiger partial charge in [0.15, 0.2) is 0 Å². The maximum Gasteiger partial charge on any atom is 0.416 e. The van der Waals surface area contributed by atoms with Crippen LogP contribution in [-0.4, -0.2) is 21.9 Å². The molecule has 3 rings (SSSR count). The highest BCUT2D eigenvalue weighted by Gasteiger charge is 2.31. The number of halogens is 3. The van der Waals surface area contributed by atoms with Gasteiger partial charge in [-0.15, -0.1) is 11.3 Å². The minimum absolute atomic E-state index is 0.341. The first-order chi connectivity index (χ1) is 13.6. The van der Waals surface area contributed by atoms with Gasteiger partial charge in [0.2, 0.25) is 5.91 Å². The second kappa shape index (κ2) is 7.98. The third-order valence-electron chi connectivity index (χ3n) is 4.78. The number of carbonyl (C=O) groups excluding carboxylic acids is 1. The molecule has 0 spiro atoms. The van der Waals surface area contributed by atoms with Gasteiger partial charge in [0.1, 0.15) is 23.0 Å². The van der Waals surface area contributed by atoms with Crippen molar-refractivity contribution >= 4 is 33.3 Å². The molecule has 3 aromatic rings. The third-order valence-corrected chi connectivity index (χ3v) is 5.90. The average molecular weight is 422 g/mol. The van der Waals surface area contributed by atoms with E-state index in [0.29, 0.717) is 11.4 Å². The van der Waals surface area contributed by atoms with Crippen LogP contribution in [0.5, 0.6) is 0 Å². The van der Waals surface area contributed by atoms with Crippen molar-refractivity contribution in [1.29, 1.82) is 0 Å². The Hall–Kier alpha value is -2.68. The fourth-order valence-electron chi connectivity index (χ4n) is 2.97. The number of alkyl halides is 3. The summed E-state index contributed by atoms with van der Waals surface area (Å²) < 4.78 is 38.8. The number of fused-ring (bicyclic) bond motifs is 1. The average Bonchev–Trinajstić information content (AvgIpc) is 2.96. The van der Waals surface area contributed by atoms with Gasteiger partial charge in [-0.25, -0.2) is 9.97 Å². The maximum absolute atomic E-state index is 12.9. The highest BCUT2D eigenvalue weighted by molar-refractivity contribution is 7.18. The predicted octanol–water partition coefficient (Wildman–Crippen LogP) is 5.00. The first kappa shape index (κ1) is 21.0. The van der Waals surface area contributed by atoms with Gasteiger partial charge in [0.05, 0.1) is 17.0 Å². The molecule has 0 saturated heterocycles. The lowest BCUT2D eigenvalue weighted by molar-refractivity contribution is -0.137. The molecular weight excluding hydrogens is 401 g/mol. The van der Waals surface area contributed by atoms with E-state index in [4.69, 9.17) is 0 Å². The molecule has 29 heavy (non-hydrogen) atoms. The van der Waals surface area contributed by atoms with Crippen LogP contribution in [0.4, 0.5) is 19.0 Å². The zero-order valence-corrected chi connectivity index (χ0v) is 17.2. The number of amides is 1. The number of aromatic nitrogens is 2. The molecule has 0 saturated carbocycles. The molecule has 1 amide bonds. The minimum atomic E-state index is -4.43. The fourth-order valence-corrected chi connectivity index (χ4v) is 3.97. The van der Waals surface area contributed by atoms with Crippen molar-refractivity contribution < 1.29 is 18.0 Å². The Morgan fingerprint density at radius 1 is 1.17 bits per heavy atom. The van der Waals surface area contributed by atoms with Crippen LogP contribution in [0, 0.1) is 13.8 Å². The Labute approximate surface area is 170 Å². The Morgan fingerprint density at radius 3 is 2.59 bits per heavy atom. The van der Waals surface area contributed by atoms with Gasteiger partial charge in [-0.05, 0) is 51.0 Å². The lowest BCUT2D eigenvalue weighted by Crippen LogP contribution is -2.39. The van der Waals surface area contributed by atoms with E-state index in [1.54, 1.807) is 31.3 Å². The lowest BCUT2D eigenvalue weighted by Gasteiger charge is -2.20. The number of carbonyl (C=O) groups is 1. The standard InChI is InChI=1S/C20H21F3N4OS/c1-10-13(4)29-19-16(10)17(24-9-25-19)26-12(3)18(28)27-11(2)14-6-5-7-15(8-14)20(21,22)23/h5-9,11-12H,1-4H3,(H,27,28)(H,24,25,26)/t11-,12-/m0/s1.